The smallest absolute Gasteiger partial charge is 0.239 e. The van der Waals surface area contributed by atoms with Gasteiger partial charge in [-0.1, -0.05) is 41.9 Å². The van der Waals surface area contributed by atoms with E-state index in [9.17, 15) is 14.0 Å². The van der Waals surface area contributed by atoms with Crippen molar-refractivity contribution in [1.29, 1.82) is 0 Å². The van der Waals surface area contributed by atoms with E-state index in [2.05, 4.69) is 15.5 Å². The van der Waals surface area contributed by atoms with Crippen LogP contribution in [0, 0.1) is 5.82 Å². The van der Waals surface area contributed by atoms with Gasteiger partial charge in [-0.05, 0) is 26.0 Å². The Labute approximate surface area is 173 Å². The predicted molar refractivity (Wildman–Crippen MR) is 110 cm³/mol. The van der Waals surface area contributed by atoms with Crippen LogP contribution in [0.5, 0.6) is 0 Å². The Morgan fingerprint density at radius 2 is 1.97 bits per heavy atom. The maximum absolute atomic E-state index is 14.0. The van der Waals surface area contributed by atoms with Gasteiger partial charge in [0.15, 0.2) is 0 Å². The lowest BCUT2D eigenvalue weighted by Gasteiger charge is -2.26. The molecule has 3 aromatic rings. The van der Waals surface area contributed by atoms with Gasteiger partial charge >= 0.3 is 0 Å². The molecule has 2 N–H and O–H groups in total. The topological polar surface area (TPSA) is 78.1 Å². The van der Waals surface area contributed by atoms with Gasteiger partial charge in [-0.25, -0.2) is 4.39 Å². The standard InChI is InChI=1S/C21H22ClFN4O2/c1-13(2)27(12-19(28)24-11-14-6-5-8-16(22)21(14)23)20(29)10-18-15-7-3-4-9-17(15)25-26-18/h3-9,13H,10-12H2,1-2H3,(H,24,28)(H,25,26). The van der Waals surface area contributed by atoms with Crippen LogP contribution in [0.4, 0.5) is 4.39 Å². The van der Waals surface area contributed by atoms with Crippen LogP contribution < -0.4 is 5.32 Å². The van der Waals surface area contributed by atoms with Crippen LogP contribution in [0.25, 0.3) is 10.9 Å². The van der Waals surface area contributed by atoms with Crippen molar-refractivity contribution in [2.45, 2.75) is 32.9 Å². The lowest BCUT2D eigenvalue weighted by atomic mass is 10.1. The number of hydrogen-bond donors (Lipinski definition) is 2. The Kier molecular flexibility index (Phi) is 6.49. The molecule has 0 aliphatic carbocycles. The van der Waals surface area contributed by atoms with Crippen LogP contribution >= 0.6 is 11.6 Å². The molecule has 1 heterocycles. The Balaban J connectivity index is 1.63. The van der Waals surface area contributed by atoms with Crippen molar-refractivity contribution >= 4 is 34.3 Å². The normalized spacial score (nSPS) is 11.1. The number of nitrogens with one attached hydrogen (secondary N) is 2. The molecule has 0 fully saturated rings. The zero-order valence-corrected chi connectivity index (χ0v) is 17.0. The third kappa shape index (κ3) is 4.92. The summed E-state index contributed by atoms with van der Waals surface area (Å²) in [6.07, 6.45) is 0.106. The molecule has 0 saturated heterocycles. The molecule has 3 rings (SSSR count). The number of aromatic nitrogens is 2. The summed E-state index contributed by atoms with van der Waals surface area (Å²) in [6.45, 7) is 3.56. The van der Waals surface area contributed by atoms with E-state index in [-0.39, 0.29) is 48.0 Å². The number of amides is 2. The Morgan fingerprint density at radius 1 is 1.21 bits per heavy atom. The molecule has 1 aromatic heterocycles. The van der Waals surface area contributed by atoms with Gasteiger partial charge in [0.05, 0.1) is 29.2 Å². The number of para-hydroxylation sites is 1. The van der Waals surface area contributed by atoms with Crippen molar-refractivity contribution in [2.75, 3.05) is 6.54 Å². The number of H-pyrrole nitrogens is 1. The lowest BCUT2D eigenvalue weighted by molar-refractivity contribution is -0.137. The number of carbonyl (C=O) groups excluding carboxylic acids is 2. The van der Waals surface area contributed by atoms with Crippen molar-refractivity contribution in [3.8, 4) is 0 Å². The summed E-state index contributed by atoms with van der Waals surface area (Å²) < 4.78 is 14.0. The molecule has 6 nitrogen and oxygen atoms in total. The number of carbonyl (C=O) groups is 2. The van der Waals surface area contributed by atoms with E-state index < -0.39 is 5.82 Å². The zero-order valence-electron chi connectivity index (χ0n) is 16.2. The van der Waals surface area contributed by atoms with Crippen LogP contribution in [0.2, 0.25) is 5.02 Å². The molecular weight excluding hydrogens is 395 g/mol. The van der Waals surface area contributed by atoms with E-state index in [0.717, 1.165) is 10.9 Å². The minimum Gasteiger partial charge on any atom is -0.350 e. The van der Waals surface area contributed by atoms with Crippen molar-refractivity contribution in [2.24, 2.45) is 0 Å². The summed E-state index contributed by atoms with van der Waals surface area (Å²) in [6, 6.07) is 12.0. The Morgan fingerprint density at radius 3 is 2.72 bits per heavy atom. The molecule has 0 radical (unpaired) electrons. The fraction of sp³-hybridized carbons (Fsp3) is 0.286. The summed E-state index contributed by atoms with van der Waals surface area (Å²) in [5, 5.41) is 10.6. The van der Waals surface area contributed by atoms with Crippen molar-refractivity contribution < 1.29 is 14.0 Å². The van der Waals surface area contributed by atoms with E-state index in [1.807, 2.05) is 38.1 Å². The van der Waals surface area contributed by atoms with Gasteiger partial charge in [0.2, 0.25) is 11.8 Å². The molecule has 0 unspecified atom stereocenters. The summed E-state index contributed by atoms with van der Waals surface area (Å²) in [5.41, 5.74) is 1.78. The average molecular weight is 417 g/mol. The first-order chi connectivity index (χ1) is 13.9. The van der Waals surface area contributed by atoms with Crippen molar-refractivity contribution in [1.82, 2.24) is 20.4 Å². The van der Waals surface area contributed by atoms with Crippen LogP contribution in [0.15, 0.2) is 42.5 Å². The van der Waals surface area contributed by atoms with E-state index in [1.54, 1.807) is 12.1 Å². The van der Waals surface area contributed by atoms with Crippen LogP contribution in [0.3, 0.4) is 0 Å². The molecule has 0 saturated carbocycles. The molecule has 0 atom stereocenters. The molecule has 0 aliphatic rings. The highest BCUT2D eigenvalue weighted by Crippen LogP contribution is 2.18. The number of hydrogen-bond acceptors (Lipinski definition) is 3. The van der Waals surface area contributed by atoms with Gasteiger partial charge in [-0.15, -0.1) is 0 Å². The van der Waals surface area contributed by atoms with E-state index in [0.29, 0.717) is 5.69 Å². The fourth-order valence-corrected chi connectivity index (χ4v) is 3.24. The highest BCUT2D eigenvalue weighted by molar-refractivity contribution is 6.30. The third-order valence-electron chi connectivity index (χ3n) is 4.63. The predicted octanol–water partition coefficient (Wildman–Crippen LogP) is 3.45. The number of rotatable bonds is 7. The second-order valence-electron chi connectivity index (χ2n) is 7.00. The number of nitrogens with zero attached hydrogens (tertiary/aromatic N) is 2. The van der Waals surface area contributed by atoms with Gasteiger partial charge < -0.3 is 10.2 Å². The van der Waals surface area contributed by atoms with Gasteiger partial charge in [-0.2, -0.15) is 5.10 Å². The molecule has 0 aliphatic heterocycles. The number of fused-ring (bicyclic) bond motifs is 1. The molecule has 152 valence electrons. The van der Waals surface area contributed by atoms with Crippen molar-refractivity contribution in [3.63, 3.8) is 0 Å². The molecule has 29 heavy (non-hydrogen) atoms. The summed E-state index contributed by atoms with van der Waals surface area (Å²) in [7, 11) is 0. The number of aromatic amines is 1. The Hall–Kier alpha value is -2.93. The second kappa shape index (κ2) is 9.05. The van der Waals surface area contributed by atoms with Gasteiger partial charge in [-0.3, -0.25) is 14.7 Å². The monoisotopic (exact) mass is 416 g/mol. The van der Waals surface area contributed by atoms with Gasteiger partial charge in [0, 0.05) is 23.5 Å². The second-order valence-corrected chi connectivity index (χ2v) is 7.41. The van der Waals surface area contributed by atoms with E-state index in [4.69, 9.17) is 11.6 Å². The maximum Gasteiger partial charge on any atom is 0.239 e. The summed E-state index contributed by atoms with van der Waals surface area (Å²) in [5.74, 6) is -1.13. The Bertz CT molecular complexity index is 1030. The van der Waals surface area contributed by atoms with Crippen LogP contribution in [0.1, 0.15) is 25.1 Å². The largest absolute Gasteiger partial charge is 0.350 e. The lowest BCUT2D eigenvalue weighted by Crippen LogP contribution is -2.45. The van der Waals surface area contributed by atoms with Crippen LogP contribution in [-0.2, 0) is 22.6 Å². The third-order valence-corrected chi connectivity index (χ3v) is 4.93. The minimum absolute atomic E-state index is 0.00233. The van der Waals surface area contributed by atoms with E-state index in [1.165, 1.54) is 11.0 Å². The summed E-state index contributed by atoms with van der Waals surface area (Å²) >= 11 is 5.76. The minimum atomic E-state index is -0.558. The van der Waals surface area contributed by atoms with Crippen LogP contribution in [-0.4, -0.2) is 39.5 Å². The molecular formula is C21H22ClFN4O2. The molecule has 0 bridgehead atoms. The first-order valence-electron chi connectivity index (χ1n) is 9.28. The summed E-state index contributed by atoms with van der Waals surface area (Å²) in [4.78, 5) is 26.7. The maximum atomic E-state index is 14.0. The van der Waals surface area contributed by atoms with Gasteiger partial charge in [0.1, 0.15) is 5.82 Å². The quantitative estimate of drug-likeness (QED) is 0.619. The number of halogens is 2. The highest BCUT2D eigenvalue weighted by Gasteiger charge is 2.22. The molecule has 2 amide bonds. The first-order valence-corrected chi connectivity index (χ1v) is 9.65. The fourth-order valence-electron chi connectivity index (χ4n) is 3.05. The van der Waals surface area contributed by atoms with E-state index >= 15 is 0 Å². The highest BCUT2D eigenvalue weighted by atomic mass is 35.5. The SMILES string of the molecule is CC(C)N(CC(=O)NCc1cccc(Cl)c1F)C(=O)Cc1[nH]nc2ccccc12. The molecule has 0 spiro atoms. The average Bonchev–Trinajstić information content (AvgIpc) is 3.10. The van der Waals surface area contributed by atoms with Crippen molar-refractivity contribution in [3.05, 3.63) is 64.6 Å². The molecule has 2 aromatic carbocycles. The first kappa shape index (κ1) is 20.8. The molecule has 8 heteroatoms. The number of benzene rings is 2. The zero-order chi connectivity index (χ0) is 21.0. The van der Waals surface area contributed by atoms with Gasteiger partial charge in [0.25, 0.3) is 0 Å².